The molecule has 78 valence electrons. The largest absolute Gasteiger partial charge is 0.508 e. The Bertz CT molecular complexity index is 448. The summed E-state index contributed by atoms with van der Waals surface area (Å²) in [4.78, 5) is -0.146. The number of benzene rings is 1. The van der Waals surface area contributed by atoms with Crippen LogP contribution in [0.1, 0.15) is 18.1 Å². The summed E-state index contributed by atoms with van der Waals surface area (Å²) < 4.78 is 30.7. The average Bonchev–Trinajstić information content (AvgIpc) is 2.02. The Morgan fingerprint density at radius 1 is 1.36 bits per heavy atom. The normalized spacial score (nSPS) is 11.6. The number of phenols is 1. The average molecular weight is 216 g/mol. The summed E-state index contributed by atoms with van der Waals surface area (Å²) in [7, 11) is -4.19. The lowest BCUT2D eigenvalue weighted by Crippen LogP contribution is -2.03. The van der Waals surface area contributed by atoms with E-state index in [0.29, 0.717) is 17.5 Å². The number of hydrogen-bond acceptors (Lipinski definition) is 3. The summed E-state index contributed by atoms with van der Waals surface area (Å²) in [6.45, 7) is 3.36. The van der Waals surface area contributed by atoms with Gasteiger partial charge < -0.3 is 5.11 Å². The van der Waals surface area contributed by atoms with Gasteiger partial charge >= 0.3 is 0 Å². The maximum atomic E-state index is 10.9. The zero-order chi connectivity index (χ0) is 10.9. The first-order valence-electron chi connectivity index (χ1n) is 4.16. The summed E-state index contributed by atoms with van der Waals surface area (Å²) in [5.74, 6) is 0.0531. The molecule has 0 saturated heterocycles. The van der Waals surface area contributed by atoms with E-state index >= 15 is 0 Å². The molecular weight excluding hydrogens is 204 g/mol. The first-order valence-corrected chi connectivity index (χ1v) is 5.61. The van der Waals surface area contributed by atoms with Crippen molar-refractivity contribution in [2.75, 3.05) is 0 Å². The molecule has 0 heterocycles. The van der Waals surface area contributed by atoms with Crippen LogP contribution < -0.4 is 0 Å². The van der Waals surface area contributed by atoms with Crippen LogP contribution in [0.5, 0.6) is 5.75 Å². The van der Waals surface area contributed by atoms with Gasteiger partial charge in [0, 0.05) is 0 Å². The van der Waals surface area contributed by atoms with E-state index in [1.807, 2.05) is 0 Å². The van der Waals surface area contributed by atoms with E-state index in [1.54, 1.807) is 13.8 Å². The predicted molar refractivity (Wildman–Crippen MR) is 52.0 cm³/mol. The number of hydrogen-bond donors (Lipinski definition) is 2. The lowest BCUT2D eigenvalue weighted by atomic mass is 10.1. The lowest BCUT2D eigenvalue weighted by molar-refractivity contribution is 0.465. The van der Waals surface area contributed by atoms with E-state index in [9.17, 15) is 13.5 Å². The van der Waals surface area contributed by atoms with E-state index in [2.05, 4.69) is 0 Å². The van der Waals surface area contributed by atoms with Gasteiger partial charge in [-0.1, -0.05) is 6.92 Å². The molecule has 1 aromatic rings. The molecule has 1 aromatic carbocycles. The molecule has 0 aliphatic heterocycles. The smallest absolute Gasteiger partial charge is 0.294 e. The fraction of sp³-hybridized carbons (Fsp3) is 0.333. The second-order valence-electron chi connectivity index (χ2n) is 3.01. The van der Waals surface area contributed by atoms with Gasteiger partial charge in [0.25, 0.3) is 10.1 Å². The minimum absolute atomic E-state index is 0.0531. The van der Waals surface area contributed by atoms with Gasteiger partial charge in [-0.15, -0.1) is 0 Å². The molecule has 0 spiro atoms. The maximum Gasteiger partial charge on any atom is 0.294 e. The highest BCUT2D eigenvalue weighted by Crippen LogP contribution is 2.26. The van der Waals surface area contributed by atoms with Gasteiger partial charge in [-0.2, -0.15) is 8.42 Å². The van der Waals surface area contributed by atoms with Crippen molar-refractivity contribution >= 4 is 10.1 Å². The zero-order valence-corrected chi connectivity index (χ0v) is 8.80. The van der Waals surface area contributed by atoms with E-state index in [4.69, 9.17) is 4.55 Å². The van der Waals surface area contributed by atoms with Gasteiger partial charge in [-0.25, -0.2) is 0 Å². The summed E-state index contributed by atoms with van der Waals surface area (Å²) in [6, 6.07) is 2.47. The molecule has 0 aliphatic carbocycles. The van der Waals surface area contributed by atoms with Crippen LogP contribution in [0.4, 0.5) is 0 Å². The van der Waals surface area contributed by atoms with Gasteiger partial charge in [-0.05, 0) is 36.6 Å². The molecule has 0 aromatic heterocycles. The van der Waals surface area contributed by atoms with Gasteiger partial charge in [0.2, 0.25) is 0 Å². The maximum absolute atomic E-state index is 10.9. The fourth-order valence-electron chi connectivity index (χ4n) is 1.45. The van der Waals surface area contributed by atoms with Gasteiger partial charge in [0.05, 0.1) is 4.90 Å². The highest BCUT2D eigenvalue weighted by molar-refractivity contribution is 7.85. The molecule has 0 atom stereocenters. The summed E-state index contributed by atoms with van der Waals surface area (Å²) in [6.07, 6.45) is 0.515. The van der Waals surface area contributed by atoms with Crippen molar-refractivity contribution in [1.29, 1.82) is 0 Å². The van der Waals surface area contributed by atoms with Crippen LogP contribution in [-0.2, 0) is 16.5 Å². The zero-order valence-electron chi connectivity index (χ0n) is 7.98. The highest BCUT2D eigenvalue weighted by Gasteiger charge is 2.16. The molecule has 2 N–H and O–H groups in total. The van der Waals surface area contributed by atoms with Crippen LogP contribution in [0.25, 0.3) is 0 Å². The minimum atomic E-state index is -4.19. The third-order valence-electron chi connectivity index (χ3n) is 2.16. The van der Waals surface area contributed by atoms with Crippen molar-refractivity contribution in [2.45, 2.75) is 25.2 Å². The second kappa shape index (κ2) is 3.59. The Labute approximate surface area is 82.9 Å². The molecule has 0 fully saturated rings. The van der Waals surface area contributed by atoms with Gasteiger partial charge in [0.1, 0.15) is 5.75 Å². The highest BCUT2D eigenvalue weighted by atomic mass is 32.2. The Kier molecular flexibility index (Phi) is 2.82. The molecule has 0 unspecified atom stereocenters. The molecule has 14 heavy (non-hydrogen) atoms. The van der Waals surface area contributed by atoms with E-state index < -0.39 is 10.1 Å². The Balaban J connectivity index is 3.52. The first-order chi connectivity index (χ1) is 6.38. The fourth-order valence-corrected chi connectivity index (χ4v) is 2.20. The number of rotatable bonds is 2. The first kappa shape index (κ1) is 11.0. The van der Waals surface area contributed by atoms with E-state index in [0.717, 1.165) is 0 Å². The van der Waals surface area contributed by atoms with Gasteiger partial charge in [-0.3, -0.25) is 4.55 Å². The third-order valence-corrected chi connectivity index (χ3v) is 3.15. The van der Waals surface area contributed by atoms with Gasteiger partial charge in [0.15, 0.2) is 0 Å². The molecule has 4 nitrogen and oxygen atoms in total. The number of aromatic hydroxyl groups is 1. The van der Waals surface area contributed by atoms with Crippen molar-refractivity contribution in [1.82, 2.24) is 0 Å². The van der Waals surface area contributed by atoms with Crippen molar-refractivity contribution < 1.29 is 18.1 Å². The molecular formula is C9H12O4S. The van der Waals surface area contributed by atoms with Crippen LogP contribution >= 0.6 is 0 Å². The Morgan fingerprint density at radius 3 is 2.36 bits per heavy atom. The SMILES string of the molecule is CCc1c(O)ccc(S(=O)(=O)O)c1C. The van der Waals surface area contributed by atoms with Crippen molar-refractivity contribution in [3.05, 3.63) is 23.3 Å². The lowest BCUT2D eigenvalue weighted by Gasteiger charge is -2.09. The number of phenolic OH excluding ortho intramolecular Hbond substituents is 1. The van der Waals surface area contributed by atoms with Crippen LogP contribution in [0, 0.1) is 6.92 Å². The standard InChI is InChI=1S/C9H12O4S/c1-3-7-6(2)9(14(11,12)13)5-4-8(7)10/h4-5,10H,3H2,1-2H3,(H,11,12,13). The second-order valence-corrected chi connectivity index (χ2v) is 4.40. The summed E-state index contributed by atoms with van der Waals surface area (Å²) in [5, 5.41) is 9.41. The minimum Gasteiger partial charge on any atom is -0.508 e. The van der Waals surface area contributed by atoms with Crippen LogP contribution in [0.3, 0.4) is 0 Å². The third kappa shape index (κ3) is 1.88. The van der Waals surface area contributed by atoms with Crippen LogP contribution in [0.15, 0.2) is 17.0 Å². The molecule has 0 radical (unpaired) electrons. The Morgan fingerprint density at radius 2 is 1.93 bits per heavy atom. The molecule has 0 amide bonds. The van der Waals surface area contributed by atoms with Crippen LogP contribution in [0.2, 0.25) is 0 Å². The van der Waals surface area contributed by atoms with Crippen molar-refractivity contribution in [3.63, 3.8) is 0 Å². The van der Waals surface area contributed by atoms with Crippen molar-refractivity contribution in [3.8, 4) is 5.75 Å². The predicted octanol–water partition coefficient (Wildman–Crippen LogP) is 1.51. The Hall–Kier alpha value is -1.07. The molecule has 0 saturated carbocycles. The monoisotopic (exact) mass is 216 g/mol. The summed E-state index contributed by atoms with van der Waals surface area (Å²) >= 11 is 0. The molecule has 0 bridgehead atoms. The quantitative estimate of drug-likeness (QED) is 0.735. The van der Waals surface area contributed by atoms with E-state index in [-0.39, 0.29) is 10.6 Å². The molecule has 1 rings (SSSR count). The molecule has 5 heteroatoms. The van der Waals surface area contributed by atoms with E-state index in [1.165, 1.54) is 12.1 Å². The molecule has 0 aliphatic rings. The summed E-state index contributed by atoms with van der Waals surface area (Å²) in [5.41, 5.74) is 0.940. The van der Waals surface area contributed by atoms with Crippen LogP contribution in [-0.4, -0.2) is 18.1 Å². The topological polar surface area (TPSA) is 74.6 Å². The van der Waals surface area contributed by atoms with Crippen molar-refractivity contribution in [2.24, 2.45) is 0 Å².